The monoisotopic (exact) mass is 252 g/mol. The number of aryl methyl sites for hydroxylation is 1. The van der Waals surface area contributed by atoms with Crippen LogP contribution in [0, 0.1) is 17.5 Å². The molecule has 0 fully saturated rings. The fraction of sp³-hybridized carbons (Fsp3) is 0.0909. The molecule has 0 saturated heterocycles. The van der Waals surface area contributed by atoms with Crippen LogP contribution >= 0.6 is 12.2 Å². The van der Waals surface area contributed by atoms with Crippen molar-refractivity contribution in [1.29, 1.82) is 0 Å². The molecule has 0 amide bonds. The zero-order valence-corrected chi connectivity index (χ0v) is 9.73. The van der Waals surface area contributed by atoms with Crippen molar-refractivity contribution in [1.82, 2.24) is 9.97 Å². The summed E-state index contributed by atoms with van der Waals surface area (Å²) in [5.41, 5.74) is 0.0960. The Labute approximate surface area is 101 Å². The Bertz CT molecular complexity index is 646. The first kappa shape index (κ1) is 11.5. The van der Waals surface area contributed by atoms with Crippen LogP contribution in [0.1, 0.15) is 5.69 Å². The summed E-state index contributed by atoms with van der Waals surface area (Å²) >= 11 is 4.81. The van der Waals surface area contributed by atoms with Crippen molar-refractivity contribution in [2.24, 2.45) is 0 Å². The Morgan fingerprint density at radius 1 is 1.24 bits per heavy atom. The third kappa shape index (κ3) is 2.59. The highest BCUT2D eigenvalue weighted by atomic mass is 32.1. The standard InChI is InChI=1S/C11H9FN2O2S/c1-6-9(10(15)14-11(17)13-6)16-8-4-2-7(12)3-5-8/h2-5H,1H3,(H2,13,14,15,17). The van der Waals surface area contributed by atoms with E-state index in [-0.39, 0.29) is 16.3 Å². The predicted molar refractivity (Wildman–Crippen MR) is 63.5 cm³/mol. The number of aromatic nitrogens is 2. The van der Waals surface area contributed by atoms with E-state index in [9.17, 15) is 9.18 Å². The van der Waals surface area contributed by atoms with E-state index in [1.165, 1.54) is 24.3 Å². The van der Waals surface area contributed by atoms with Crippen LogP contribution in [0.5, 0.6) is 11.5 Å². The lowest BCUT2D eigenvalue weighted by Gasteiger charge is -2.06. The SMILES string of the molecule is Cc1[nH]c(=S)[nH]c(=O)c1Oc1ccc(F)cc1. The molecule has 2 aromatic rings. The van der Waals surface area contributed by atoms with Crippen LogP contribution in [0.25, 0.3) is 0 Å². The van der Waals surface area contributed by atoms with Gasteiger partial charge in [0, 0.05) is 0 Å². The first-order valence-electron chi connectivity index (χ1n) is 4.83. The number of nitrogens with one attached hydrogen (secondary N) is 2. The van der Waals surface area contributed by atoms with Crippen LogP contribution in [-0.4, -0.2) is 9.97 Å². The predicted octanol–water partition coefficient (Wildman–Crippen LogP) is 2.67. The summed E-state index contributed by atoms with van der Waals surface area (Å²) < 4.78 is 18.3. The van der Waals surface area contributed by atoms with Crippen LogP contribution in [0.3, 0.4) is 0 Å². The summed E-state index contributed by atoms with van der Waals surface area (Å²) in [6.45, 7) is 1.67. The van der Waals surface area contributed by atoms with E-state index in [0.29, 0.717) is 11.4 Å². The van der Waals surface area contributed by atoms with Gasteiger partial charge in [0.15, 0.2) is 4.77 Å². The number of ether oxygens (including phenoxy) is 1. The highest BCUT2D eigenvalue weighted by Gasteiger charge is 2.07. The Morgan fingerprint density at radius 3 is 2.47 bits per heavy atom. The van der Waals surface area contributed by atoms with Gasteiger partial charge in [0.1, 0.15) is 11.6 Å². The third-order valence-corrected chi connectivity index (χ3v) is 2.31. The minimum Gasteiger partial charge on any atom is -0.450 e. The maximum atomic E-state index is 12.7. The molecule has 0 saturated carbocycles. The summed E-state index contributed by atoms with van der Waals surface area (Å²) in [4.78, 5) is 16.8. The van der Waals surface area contributed by atoms with Crippen LogP contribution < -0.4 is 10.3 Å². The van der Waals surface area contributed by atoms with Gasteiger partial charge in [0.2, 0.25) is 5.75 Å². The maximum absolute atomic E-state index is 12.7. The van der Waals surface area contributed by atoms with Crippen molar-refractivity contribution in [3.05, 3.63) is 50.9 Å². The van der Waals surface area contributed by atoms with E-state index in [0.717, 1.165) is 0 Å². The molecule has 1 heterocycles. The average Bonchev–Trinajstić information content (AvgIpc) is 2.26. The van der Waals surface area contributed by atoms with Crippen LogP contribution in [0.4, 0.5) is 4.39 Å². The van der Waals surface area contributed by atoms with Crippen molar-refractivity contribution in [2.45, 2.75) is 6.92 Å². The third-order valence-electron chi connectivity index (χ3n) is 2.11. The molecule has 1 aromatic heterocycles. The molecule has 0 aliphatic rings. The van der Waals surface area contributed by atoms with Gasteiger partial charge in [0.05, 0.1) is 5.69 Å². The minimum absolute atomic E-state index is 0.116. The molecule has 4 nitrogen and oxygen atoms in total. The van der Waals surface area contributed by atoms with Crippen molar-refractivity contribution in [2.75, 3.05) is 0 Å². The molecule has 0 aliphatic heterocycles. The largest absolute Gasteiger partial charge is 0.450 e. The molecular weight excluding hydrogens is 243 g/mol. The Morgan fingerprint density at radius 2 is 1.88 bits per heavy atom. The molecule has 1 aromatic carbocycles. The summed E-state index contributed by atoms with van der Waals surface area (Å²) in [5.74, 6) is 0.131. The van der Waals surface area contributed by atoms with Crippen molar-refractivity contribution >= 4 is 12.2 Å². The van der Waals surface area contributed by atoms with Gasteiger partial charge in [-0.3, -0.25) is 9.78 Å². The van der Waals surface area contributed by atoms with E-state index in [2.05, 4.69) is 9.97 Å². The van der Waals surface area contributed by atoms with Gasteiger partial charge in [-0.1, -0.05) is 0 Å². The zero-order chi connectivity index (χ0) is 12.4. The van der Waals surface area contributed by atoms with E-state index < -0.39 is 5.56 Å². The van der Waals surface area contributed by atoms with Gasteiger partial charge in [-0.25, -0.2) is 4.39 Å². The molecule has 0 atom stereocenters. The van der Waals surface area contributed by atoms with Crippen LogP contribution in [0.15, 0.2) is 29.1 Å². The summed E-state index contributed by atoms with van der Waals surface area (Å²) in [6, 6.07) is 5.39. The van der Waals surface area contributed by atoms with E-state index in [1.807, 2.05) is 0 Å². The normalized spacial score (nSPS) is 10.2. The van der Waals surface area contributed by atoms with Gasteiger partial charge in [-0.15, -0.1) is 0 Å². The first-order valence-corrected chi connectivity index (χ1v) is 5.24. The lowest BCUT2D eigenvalue weighted by molar-refractivity contribution is 0.465. The topological polar surface area (TPSA) is 57.9 Å². The number of hydrogen-bond acceptors (Lipinski definition) is 3. The highest BCUT2D eigenvalue weighted by Crippen LogP contribution is 2.19. The maximum Gasteiger partial charge on any atom is 0.294 e. The molecule has 17 heavy (non-hydrogen) atoms. The number of rotatable bonds is 2. The molecule has 0 bridgehead atoms. The van der Waals surface area contributed by atoms with Gasteiger partial charge >= 0.3 is 0 Å². The number of benzene rings is 1. The average molecular weight is 252 g/mol. The second-order valence-electron chi connectivity index (χ2n) is 3.42. The fourth-order valence-corrected chi connectivity index (χ4v) is 1.58. The Balaban J connectivity index is 2.40. The number of aromatic amines is 2. The number of hydrogen-bond donors (Lipinski definition) is 2. The molecule has 0 aliphatic carbocycles. The molecule has 2 rings (SSSR count). The molecule has 2 N–H and O–H groups in total. The molecule has 0 radical (unpaired) electrons. The number of halogens is 1. The summed E-state index contributed by atoms with van der Waals surface area (Å²) in [7, 11) is 0. The van der Waals surface area contributed by atoms with Gasteiger partial charge in [-0.05, 0) is 43.4 Å². The first-order chi connectivity index (χ1) is 8.06. The summed E-state index contributed by atoms with van der Waals surface area (Å²) in [6.07, 6.45) is 0. The van der Waals surface area contributed by atoms with Crippen LogP contribution in [0.2, 0.25) is 0 Å². The lowest BCUT2D eigenvalue weighted by atomic mass is 10.3. The fourth-order valence-electron chi connectivity index (χ4n) is 1.33. The quantitative estimate of drug-likeness (QED) is 0.808. The minimum atomic E-state index is -0.421. The summed E-state index contributed by atoms with van der Waals surface area (Å²) in [5, 5.41) is 0. The lowest BCUT2D eigenvalue weighted by Crippen LogP contribution is -2.12. The number of H-pyrrole nitrogens is 2. The second-order valence-corrected chi connectivity index (χ2v) is 3.83. The van der Waals surface area contributed by atoms with E-state index in [1.54, 1.807) is 6.92 Å². The van der Waals surface area contributed by atoms with Crippen molar-refractivity contribution < 1.29 is 9.13 Å². The molecular formula is C11H9FN2O2S. The highest BCUT2D eigenvalue weighted by molar-refractivity contribution is 7.71. The smallest absolute Gasteiger partial charge is 0.294 e. The Kier molecular flexibility index (Phi) is 3.06. The second kappa shape index (κ2) is 4.50. The molecule has 0 unspecified atom stereocenters. The van der Waals surface area contributed by atoms with E-state index >= 15 is 0 Å². The molecule has 0 spiro atoms. The van der Waals surface area contributed by atoms with Crippen LogP contribution in [-0.2, 0) is 0 Å². The van der Waals surface area contributed by atoms with Crippen molar-refractivity contribution in [3.63, 3.8) is 0 Å². The van der Waals surface area contributed by atoms with Crippen molar-refractivity contribution in [3.8, 4) is 11.5 Å². The van der Waals surface area contributed by atoms with E-state index in [4.69, 9.17) is 17.0 Å². The molecule has 88 valence electrons. The zero-order valence-electron chi connectivity index (χ0n) is 8.91. The Hall–Kier alpha value is -1.95. The van der Waals surface area contributed by atoms with Gasteiger partial charge in [0.25, 0.3) is 5.56 Å². The molecule has 6 heteroatoms. The van der Waals surface area contributed by atoms with Gasteiger partial charge in [-0.2, -0.15) is 0 Å². The van der Waals surface area contributed by atoms with Gasteiger partial charge < -0.3 is 9.72 Å².